The lowest BCUT2D eigenvalue weighted by Gasteiger charge is -2.18. The van der Waals surface area contributed by atoms with Crippen molar-refractivity contribution in [3.05, 3.63) is 41.7 Å². The predicted octanol–water partition coefficient (Wildman–Crippen LogP) is 2.61. The van der Waals surface area contributed by atoms with E-state index in [9.17, 15) is 0 Å². The van der Waals surface area contributed by atoms with Gasteiger partial charge in [0.05, 0.1) is 12.2 Å². The Labute approximate surface area is 113 Å². The van der Waals surface area contributed by atoms with Gasteiger partial charge in [-0.05, 0) is 38.5 Å². The van der Waals surface area contributed by atoms with E-state index < -0.39 is 0 Å². The average Bonchev–Trinajstić information content (AvgIpc) is 2.98. The Balaban J connectivity index is 1.81. The summed E-state index contributed by atoms with van der Waals surface area (Å²) in [4.78, 5) is 2.36. The maximum Gasteiger partial charge on any atom is 0.0817 e. The van der Waals surface area contributed by atoms with Crippen molar-refractivity contribution in [3.8, 4) is 0 Å². The van der Waals surface area contributed by atoms with Gasteiger partial charge in [0.2, 0.25) is 0 Å². The van der Waals surface area contributed by atoms with E-state index in [2.05, 4.69) is 42.2 Å². The van der Waals surface area contributed by atoms with Crippen LogP contribution in [0, 0.1) is 0 Å². The third kappa shape index (κ3) is 2.18. The molecule has 1 aromatic heterocycles. The molecule has 1 aliphatic heterocycles. The predicted molar refractivity (Wildman–Crippen MR) is 78.2 cm³/mol. The van der Waals surface area contributed by atoms with Crippen LogP contribution in [0.4, 0.5) is 11.4 Å². The van der Waals surface area contributed by atoms with Crippen molar-refractivity contribution in [2.24, 2.45) is 0 Å². The first-order valence-electron chi connectivity index (χ1n) is 6.81. The van der Waals surface area contributed by atoms with Gasteiger partial charge in [-0.3, -0.25) is 4.68 Å². The van der Waals surface area contributed by atoms with E-state index in [1.54, 1.807) is 0 Å². The first-order chi connectivity index (χ1) is 9.15. The molecule has 100 valence electrons. The SMILES string of the molecule is CC(C)n1ccc(CN2CCc3c(N)cccc32)n1. The molecule has 0 radical (unpaired) electrons. The molecule has 3 rings (SSSR count). The highest BCUT2D eigenvalue weighted by atomic mass is 15.3. The van der Waals surface area contributed by atoms with Crippen molar-refractivity contribution in [3.63, 3.8) is 0 Å². The number of benzene rings is 1. The van der Waals surface area contributed by atoms with Crippen molar-refractivity contribution in [1.29, 1.82) is 0 Å². The Morgan fingerprint density at radius 2 is 2.16 bits per heavy atom. The summed E-state index contributed by atoms with van der Waals surface area (Å²) in [6.45, 7) is 6.17. The highest BCUT2D eigenvalue weighted by Crippen LogP contribution is 2.32. The first kappa shape index (κ1) is 12.1. The Hall–Kier alpha value is -1.97. The van der Waals surface area contributed by atoms with Gasteiger partial charge in [0.15, 0.2) is 0 Å². The molecule has 1 aromatic carbocycles. The highest BCUT2D eigenvalue weighted by Gasteiger charge is 2.21. The molecule has 0 fully saturated rings. The summed E-state index contributed by atoms with van der Waals surface area (Å²) in [5, 5.41) is 4.61. The molecular formula is C15H20N4. The van der Waals surface area contributed by atoms with Gasteiger partial charge in [-0.2, -0.15) is 5.10 Å². The van der Waals surface area contributed by atoms with Gasteiger partial charge in [0.25, 0.3) is 0 Å². The molecule has 0 aliphatic carbocycles. The van der Waals surface area contributed by atoms with E-state index in [1.807, 2.05) is 16.8 Å². The summed E-state index contributed by atoms with van der Waals surface area (Å²) in [5.41, 5.74) is 10.6. The lowest BCUT2D eigenvalue weighted by Crippen LogP contribution is -2.20. The minimum atomic E-state index is 0.412. The molecule has 0 spiro atoms. The van der Waals surface area contributed by atoms with E-state index in [0.29, 0.717) is 6.04 Å². The van der Waals surface area contributed by atoms with E-state index in [-0.39, 0.29) is 0 Å². The highest BCUT2D eigenvalue weighted by molar-refractivity contribution is 5.68. The fraction of sp³-hybridized carbons (Fsp3) is 0.400. The number of hydrogen-bond acceptors (Lipinski definition) is 3. The molecule has 2 aromatic rings. The molecule has 0 saturated heterocycles. The van der Waals surface area contributed by atoms with Crippen LogP contribution in [0.25, 0.3) is 0 Å². The number of fused-ring (bicyclic) bond motifs is 1. The fourth-order valence-electron chi connectivity index (χ4n) is 2.64. The third-order valence-corrected chi connectivity index (χ3v) is 3.71. The number of aromatic nitrogens is 2. The number of nitrogens with two attached hydrogens (primary N) is 1. The van der Waals surface area contributed by atoms with Gasteiger partial charge in [-0.25, -0.2) is 0 Å². The lowest BCUT2D eigenvalue weighted by molar-refractivity contribution is 0.525. The molecule has 0 atom stereocenters. The van der Waals surface area contributed by atoms with Crippen molar-refractivity contribution in [1.82, 2.24) is 9.78 Å². The standard InChI is InChI=1S/C15H20N4/c1-11(2)19-9-6-12(17-19)10-18-8-7-13-14(16)4-3-5-15(13)18/h3-6,9,11H,7-8,10,16H2,1-2H3. The summed E-state index contributed by atoms with van der Waals surface area (Å²) in [7, 11) is 0. The summed E-state index contributed by atoms with van der Waals surface area (Å²) in [6, 6.07) is 8.67. The molecule has 0 amide bonds. The second-order valence-corrected chi connectivity index (χ2v) is 5.40. The maximum atomic E-state index is 6.02. The van der Waals surface area contributed by atoms with Gasteiger partial charge in [0.1, 0.15) is 0 Å². The van der Waals surface area contributed by atoms with Crippen LogP contribution < -0.4 is 10.6 Å². The number of nitrogen functional groups attached to an aromatic ring is 1. The van der Waals surface area contributed by atoms with Gasteiger partial charge in [-0.15, -0.1) is 0 Å². The molecule has 0 bridgehead atoms. The number of nitrogens with zero attached hydrogens (tertiary/aromatic N) is 3. The van der Waals surface area contributed by atoms with Crippen molar-refractivity contribution >= 4 is 11.4 Å². The van der Waals surface area contributed by atoms with Crippen LogP contribution in [-0.2, 0) is 13.0 Å². The van der Waals surface area contributed by atoms with Crippen LogP contribution in [0.5, 0.6) is 0 Å². The molecule has 19 heavy (non-hydrogen) atoms. The van der Waals surface area contributed by atoms with Crippen LogP contribution in [0.1, 0.15) is 31.1 Å². The van der Waals surface area contributed by atoms with Crippen LogP contribution in [-0.4, -0.2) is 16.3 Å². The Morgan fingerprint density at radius 1 is 1.32 bits per heavy atom. The molecular weight excluding hydrogens is 236 g/mol. The van der Waals surface area contributed by atoms with E-state index >= 15 is 0 Å². The summed E-state index contributed by atoms with van der Waals surface area (Å²) < 4.78 is 2.01. The maximum absolute atomic E-state index is 6.02. The van der Waals surface area contributed by atoms with Crippen molar-refractivity contribution < 1.29 is 0 Å². The van der Waals surface area contributed by atoms with Crippen molar-refractivity contribution in [2.45, 2.75) is 32.9 Å². The van der Waals surface area contributed by atoms with Gasteiger partial charge >= 0.3 is 0 Å². The first-order valence-corrected chi connectivity index (χ1v) is 6.81. The summed E-state index contributed by atoms with van der Waals surface area (Å²) in [5.74, 6) is 0. The number of rotatable bonds is 3. The summed E-state index contributed by atoms with van der Waals surface area (Å²) >= 11 is 0. The zero-order valence-electron chi connectivity index (χ0n) is 11.5. The topological polar surface area (TPSA) is 47.1 Å². The van der Waals surface area contributed by atoms with Crippen LogP contribution in [0.3, 0.4) is 0 Å². The van der Waals surface area contributed by atoms with E-state index in [0.717, 1.165) is 30.9 Å². The van der Waals surface area contributed by atoms with Gasteiger partial charge < -0.3 is 10.6 Å². The Bertz CT molecular complexity index is 586. The minimum absolute atomic E-state index is 0.412. The Morgan fingerprint density at radius 3 is 2.89 bits per heavy atom. The number of hydrogen-bond donors (Lipinski definition) is 1. The van der Waals surface area contributed by atoms with E-state index in [4.69, 9.17) is 5.73 Å². The Kier molecular flexibility index (Phi) is 2.93. The second kappa shape index (κ2) is 4.61. The largest absolute Gasteiger partial charge is 0.398 e. The monoisotopic (exact) mass is 256 g/mol. The molecule has 4 heteroatoms. The quantitative estimate of drug-likeness (QED) is 0.859. The fourth-order valence-corrected chi connectivity index (χ4v) is 2.64. The summed E-state index contributed by atoms with van der Waals surface area (Å²) in [6.07, 6.45) is 3.09. The van der Waals surface area contributed by atoms with Gasteiger partial charge in [0, 0.05) is 35.7 Å². The molecule has 4 nitrogen and oxygen atoms in total. The number of anilines is 2. The van der Waals surface area contributed by atoms with Crippen molar-refractivity contribution in [2.75, 3.05) is 17.2 Å². The zero-order valence-corrected chi connectivity index (χ0v) is 11.5. The van der Waals surface area contributed by atoms with Gasteiger partial charge in [-0.1, -0.05) is 6.07 Å². The average molecular weight is 256 g/mol. The van der Waals surface area contributed by atoms with Crippen LogP contribution in [0.15, 0.2) is 30.5 Å². The second-order valence-electron chi connectivity index (χ2n) is 5.40. The molecule has 1 aliphatic rings. The zero-order chi connectivity index (χ0) is 13.4. The van der Waals surface area contributed by atoms with Crippen LogP contribution in [0.2, 0.25) is 0 Å². The van der Waals surface area contributed by atoms with Crippen LogP contribution >= 0.6 is 0 Å². The van der Waals surface area contributed by atoms with E-state index in [1.165, 1.54) is 11.3 Å². The molecule has 2 N–H and O–H groups in total. The lowest BCUT2D eigenvalue weighted by atomic mass is 10.1. The third-order valence-electron chi connectivity index (χ3n) is 3.71. The smallest absolute Gasteiger partial charge is 0.0817 e. The minimum Gasteiger partial charge on any atom is -0.398 e. The molecule has 0 unspecified atom stereocenters. The normalized spacial score (nSPS) is 14.2. The molecule has 2 heterocycles. The molecule has 0 saturated carbocycles.